The van der Waals surface area contributed by atoms with Crippen LogP contribution in [0.25, 0.3) is 0 Å². The van der Waals surface area contributed by atoms with Crippen molar-refractivity contribution in [1.82, 2.24) is 30.2 Å². The lowest BCUT2D eigenvalue weighted by atomic mass is 9.91. The van der Waals surface area contributed by atoms with Gasteiger partial charge in [0.2, 0.25) is 0 Å². The van der Waals surface area contributed by atoms with E-state index in [1.165, 1.54) is 0 Å². The number of hydrogen-bond acceptors (Lipinski definition) is 5. The van der Waals surface area contributed by atoms with Crippen LogP contribution in [-0.2, 0) is 0 Å². The summed E-state index contributed by atoms with van der Waals surface area (Å²) in [6.07, 6.45) is 6.86. The Balaban J connectivity index is 1.54. The van der Waals surface area contributed by atoms with Crippen molar-refractivity contribution in [1.29, 1.82) is 0 Å². The summed E-state index contributed by atoms with van der Waals surface area (Å²) in [6, 6.07) is 5.65. The molecule has 2 aromatic heterocycles. The van der Waals surface area contributed by atoms with E-state index < -0.39 is 0 Å². The van der Waals surface area contributed by atoms with Gasteiger partial charge >= 0.3 is 0 Å². The van der Waals surface area contributed by atoms with E-state index in [-0.39, 0.29) is 23.9 Å². The fourth-order valence-electron chi connectivity index (χ4n) is 3.47. The van der Waals surface area contributed by atoms with Gasteiger partial charge in [-0.15, -0.1) is 5.10 Å². The summed E-state index contributed by atoms with van der Waals surface area (Å²) >= 11 is 0. The van der Waals surface area contributed by atoms with Gasteiger partial charge in [0, 0.05) is 25.3 Å². The third-order valence-electron chi connectivity index (χ3n) is 5.08. The summed E-state index contributed by atoms with van der Waals surface area (Å²) in [6.45, 7) is 5.21. The number of hydrogen-bond donors (Lipinski definition) is 1. The van der Waals surface area contributed by atoms with Gasteiger partial charge in [-0.2, -0.15) is 0 Å². The highest BCUT2D eigenvalue weighted by molar-refractivity contribution is 5.92. The van der Waals surface area contributed by atoms with Gasteiger partial charge in [0.05, 0.1) is 12.2 Å². The molecule has 0 spiro atoms. The number of nitrogens with one attached hydrogen (secondary N) is 1. The zero-order valence-electron chi connectivity index (χ0n) is 15.8. The van der Waals surface area contributed by atoms with E-state index in [2.05, 4.69) is 20.6 Å². The van der Waals surface area contributed by atoms with Crippen molar-refractivity contribution in [2.24, 2.45) is 0 Å². The molecule has 1 aliphatic rings. The number of nitrogens with zero attached hydrogens (tertiary/aromatic N) is 5. The zero-order chi connectivity index (χ0) is 19.2. The molecule has 8 heteroatoms. The molecule has 0 aliphatic heterocycles. The minimum absolute atomic E-state index is 0.0810. The molecule has 1 fully saturated rings. The second kappa shape index (κ2) is 8.75. The molecule has 1 N–H and O–H groups in total. The van der Waals surface area contributed by atoms with Crippen LogP contribution < -0.4 is 5.32 Å². The van der Waals surface area contributed by atoms with Gasteiger partial charge in [-0.25, -0.2) is 4.68 Å². The maximum absolute atomic E-state index is 12.4. The minimum Gasteiger partial charge on any atom is -0.348 e. The maximum Gasteiger partial charge on any atom is 0.276 e. The lowest BCUT2D eigenvalue weighted by Gasteiger charge is -2.28. The van der Waals surface area contributed by atoms with Crippen LogP contribution in [0.2, 0.25) is 0 Å². The second-order valence-electron chi connectivity index (χ2n) is 6.76. The average Bonchev–Trinajstić information content (AvgIpc) is 3.20. The Morgan fingerprint density at radius 3 is 2.52 bits per heavy atom. The Hall–Kier alpha value is -2.77. The molecule has 3 rings (SSSR count). The zero-order valence-corrected chi connectivity index (χ0v) is 15.8. The standard InChI is InChI=1S/C19H26N6O2/c1-3-24(4-2)19(27)17-13-25(23-22-17)15-10-8-14(9-11-15)21-18(26)16-7-5-6-12-20-16/h5-7,12-15H,3-4,8-11H2,1-2H3,(H,21,26). The lowest BCUT2D eigenvalue weighted by Crippen LogP contribution is -2.38. The summed E-state index contributed by atoms with van der Waals surface area (Å²) < 4.78 is 1.80. The molecule has 0 aromatic carbocycles. The van der Waals surface area contributed by atoms with Gasteiger partial charge in [0.15, 0.2) is 5.69 Å². The normalized spacial score (nSPS) is 19.5. The van der Waals surface area contributed by atoms with Gasteiger partial charge in [-0.3, -0.25) is 14.6 Å². The largest absolute Gasteiger partial charge is 0.348 e. The monoisotopic (exact) mass is 370 g/mol. The first-order valence-corrected chi connectivity index (χ1v) is 9.55. The highest BCUT2D eigenvalue weighted by Crippen LogP contribution is 2.28. The van der Waals surface area contributed by atoms with Crippen LogP contribution >= 0.6 is 0 Å². The van der Waals surface area contributed by atoms with E-state index in [1.807, 2.05) is 13.8 Å². The number of amides is 2. The number of aromatic nitrogens is 4. The smallest absolute Gasteiger partial charge is 0.276 e. The third kappa shape index (κ3) is 4.50. The van der Waals surface area contributed by atoms with Crippen LogP contribution in [0, 0.1) is 0 Å². The van der Waals surface area contributed by atoms with E-state index in [4.69, 9.17) is 0 Å². The van der Waals surface area contributed by atoms with Crippen molar-refractivity contribution in [2.75, 3.05) is 13.1 Å². The molecule has 1 saturated carbocycles. The summed E-state index contributed by atoms with van der Waals surface area (Å²) in [4.78, 5) is 30.4. The van der Waals surface area contributed by atoms with Crippen LogP contribution in [0.15, 0.2) is 30.6 Å². The fourth-order valence-corrected chi connectivity index (χ4v) is 3.47. The van der Waals surface area contributed by atoms with Gasteiger partial charge < -0.3 is 10.2 Å². The summed E-state index contributed by atoms with van der Waals surface area (Å²) in [5, 5.41) is 11.3. The molecule has 0 unspecified atom stereocenters. The molecule has 1 aliphatic carbocycles. The topological polar surface area (TPSA) is 93.0 Å². The molecule has 0 radical (unpaired) electrons. The highest BCUT2D eigenvalue weighted by atomic mass is 16.2. The molecule has 2 amide bonds. The van der Waals surface area contributed by atoms with Crippen LogP contribution in [0.4, 0.5) is 0 Å². The fraction of sp³-hybridized carbons (Fsp3) is 0.526. The van der Waals surface area contributed by atoms with Gasteiger partial charge in [0.1, 0.15) is 5.69 Å². The molecule has 0 atom stereocenters. The third-order valence-corrected chi connectivity index (χ3v) is 5.08. The van der Waals surface area contributed by atoms with Gasteiger partial charge in [-0.05, 0) is 51.7 Å². The lowest BCUT2D eigenvalue weighted by molar-refractivity contribution is 0.0766. The molecule has 0 saturated heterocycles. The van der Waals surface area contributed by atoms with Crippen molar-refractivity contribution in [3.63, 3.8) is 0 Å². The summed E-state index contributed by atoms with van der Waals surface area (Å²) in [5.74, 6) is -0.213. The van der Waals surface area contributed by atoms with Gasteiger partial charge in [-0.1, -0.05) is 11.3 Å². The van der Waals surface area contributed by atoms with Crippen molar-refractivity contribution >= 4 is 11.8 Å². The number of carbonyl (C=O) groups is 2. The molecule has 0 bridgehead atoms. The SMILES string of the molecule is CCN(CC)C(=O)c1cn(C2CCC(NC(=O)c3ccccn3)CC2)nn1. The number of rotatable bonds is 6. The Labute approximate surface area is 159 Å². The minimum atomic E-state index is -0.132. The maximum atomic E-state index is 12.4. The predicted molar refractivity (Wildman–Crippen MR) is 100 cm³/mol. The van der Waals surface area contributed by atoms with Crippen molar-refractivity contribution in [3.8, 4) is 0 Å². The Kier molecular flexibility index (Phi) is 6.16. The molecular formula is C19H26N6O2. The van der Waals surface area contributed by atoms with Gasteiger partial charge in [0.25, 0.3) is 11.8 Å². The molecular weight excluding hydrogens is 344 g/mol. The average molecular weight is 370 g/mol. The number of pyridine rings is 1. The van der Waals surface area contributed by atoms with E-state index in [0.717, 1.165) is 25.7 Å². The van der Waals surface area contributed by atoms with Crippen LogP contribution in [0.3, 0.4) is 0 Å². The summed E-state index contributed by atoms with van der Waals surface area (Å²) in [7, 11) is 0. The van der Waals surface area contributed by atoms with E-state index in [1.54, 1.807) is 40.2 Å². The van der Waals surface area contributed by atoms with Crippen molar-refractivity contribution < 1.29 is 9.59 Å². The predicted octanol–water partition coefficient (Wildman–Crippen LogP) is 2.07. The molecule has 144 valence electrons. The quantitative estimate of drug-likeness (QED) is 0.840. The Morgan fingerprint density at radius 1 is 1.15 bits per heavy atom. The van der Waals surface area contributed by atoms with Crippen molar-refractivity contribution in [3.05, 3.63) is 42.0 Å². The summed E-state index contributed by atoms with van der Waals surface area (Å²) in [5.41, 5.74) is 0.833. The van der Waals surface area contributed by atoms with Crippen molar-refractivity contribution in [2.45, 2.75) is 51.6 Å². The highest BCUT2D eigenvalue weighted by Gasteiger charge is 2.26. The number of carbonyl (C=O) groups excluding carboxylic acids is 2. The van der Waals surface area contributed by atoms with Crippen LogP contribution in [0.1, 0.15) is 66.5 Å². The Morgan fingerprint density at radius 2 is 1.89 bits per heavy atom. The molecule has 8 nitrogen and oxygen atoms in total. The first-order valence-electron chi connectivity index (χ1n) is 9.55. The van der Waals surface area contributed by atoms with Crippen LogP contribution in [-0.4, -0.2) is 55.8 Å². The van der Waals surface area contributed by atoms with E-state index >= 15 is 0 Å². The second-order valence-corrected chi connectivity index (χ2v) is 6.76. The Bertz CT molecular complexity index is 764. The molecule has 2 heterocycles. The molecule has 27 heavy (non-hydrogen) atoms. The molecule has 2 aromatic rings. The van der Waals surface area contributed by atoms with Crippen LogP contribution in [0.5, 0.6) is 0 Å². The van der Waals surface area contributed by atoms with E-state index in [9.17, 15) is 9.59 Å². The first-order chi connectivity index (χ1) is 13.1. The first kappa shape index (κ1) is 19.0. The van der Waals surface area contributed by atoms with E-state index in [0.29, 0.717) is 24.5 Å².